The molecule has 1 amide bonds. The van der Waals surface area contributed by atoms with Crippen LogP contribution >= 0.6 is 0 Å². The van der Waals surface area contributed by atoms with Crippen LogP contribution < -0.4 is 4.74 Å². The molecule has 1 aliphatic heterocycles. The summed E-state index contributed by atoms with van der Waals surface area (Å²) in [4.78, 5) is 26.0. The second-order valence-electron chi connectivity index (χ2n) is 5.90. The molecular weight excluding hydrogens is 306 g/mol. The van der Waals surface area contributed by atoms with E-state index in [4.69, 9.17) is 4.74 Å². The van der Waals surface area contributed by atoms with Crippen LogP contribution in [-0.2, 0) is 4.79 Å². The average molecular weight is 325 g/mol. The Morgan fingerprint density at radius 1 is 1.08 bits per heavy atom. The van der Waals surface area contributed by atoms with E-state index in [2.05, 4.69) is 0 Å². The van der Waals surface area contributed by atoms with Crippen LogP contribution in [0.1, 0.15) is 21.8 Å². The lowest BCUT2D eigenvalue weighted by molar-refractivity contribution is -0.141. The van der Waals surface area contributed by atoms with Gasteiger partial charge >= 0.3 is 5.97 Å². The molecule has 3 rings (SSSR count). The van der Waals surface area contributed by atoms with Crippen molar-refractivity contribution in [3.63, 3.8) is 0 Å². The van der Waals surface area contributed by atoms with E-state index in [1.54, 1.807) is 36.3 Å². The minimum atomic E-state index is -0.871. The fraction of sp³-hybridized carbons (Fsp3) is 0.263. The van der Waals surface area contributed by atoms with Crippen LogP contribution in [0, 0.1) is 5.92 Å². The quantitative estimate of drug-likeness (QED) is 0.938. The van der Waals surface area contributed by atoms with Crippen molar-refractivity contribution in [3.8, 4) is 5.75 Å². The summed E-state index contributed by atoms with van der Waals surface area (Å²) in [6.45, 7) is 0.613. The van der Waals surface area contributed by atoms with E-state index >= 15 is 0 Å². The second kappa shape index (κ2) is 6.74. The van der Waals surface area contributed by atoms with Gasteiger partial charge in [-0.25, -0.2) is 0 Å². The number of likely N-dealkylation sites (tertiary alicyclic amines) is 1. The van der Waals surface area contributed by atoms with Crippen LogP contribution in [-0.4, -0.2) is 42.1 Å². The Hall–Kier alpha value is -2.82. The number of methoxy groups -OCH3 is 1. The summed E-state index contributed by atoms with van der Waals surface area (Å²) in [5.41, 5.74) is 1.46. The third-order valence-corrected chi connectivity index (χ3v) is 4.47. The van der Waals surface area contributed by atoms with Crippen molar-refractivity contribution >= 4 is 11.9 Å². The lowest BCUT2D eigenvalue weighted by Crippen LogP contribution is -2.29. The Morgan fingerprint density at radius 2 is 1.83 bits per heavy atom. The zero-order valence-electron chi connectivity index (χ0n) is 13.4. The Balaban J connectivity index is 1.85. The van der Waals surface area contributed by atoms with Crippen molar-refractivity contribution < 1.29 is 19.4 Å². The van der Waals surface area contributed by atoms with E-state index in [0.717, 1.165) is 5.56 Å². The molecule has 0 spiro atoms. The molecule has 124 valence electrons. The van der Waals surface area contributed by atoms with Gasteiger partial charge in [-0.05, 0) is 23.8 Å². The second-order valence-corrected chi connectivity index (χ2v) is 5.90. The minimum absolute atomic E-state index is 0.168. The van der Waals surface area contributed by atoms with Crippen LogP contribution in [0.5, 0.6) is 5.75 Å². The third-order valence-electron chi connectivity index (χ3n) is 4.47. The zero-order chi connectivity index (χ0) is 17.1. The van der Waals surface area contributed by atoms with Crippen molar-refractivity contribution in [2.45, 2.75) is 5.92 Å². The minimum Gasteiger partial charge on any atom is -0.497 e. The Labute approximate surface area is 140 Å². The molecule has 0 saturated carbocycles. The summed E-state index contributed by atoms with van der Waals surface area (Å²) in [6, 6.07) is 16.4. The van der Waals surface area contributed by atoms with Gasteiger partial charge in [0, 0.05) is 24.6 Å². The van der Waals surface area contributed by atoms with Crippen molar-refractivity contribution in [2.24, 2.45) is 5.92 Å². The van der Waals surface area contributed by atoms with Gasteiger partial charge in [-0.15, -0.1) is 0 Å². The van der Waals surface area contributed by atoms with Gasteiger partial charge in [-0.2, -0.15) is 0 Å². The molecule has 2 atom stereocenters. The largest absolute Gasteiger partial charge is 0.497 e. The maximum absolute atomic E-state index is 12.7. The number of ether oxygens (including phenoxy) is 1. The number of amides is 1. The van der Waals surface area contributed by atoms with Gasteiger partial charge in [0.25, 0.3) is 5.91 Å². The fourth-order valence-corrected chi connectivity index (χ4v) is 3.20. The van der Waals surface area contributed by atoms with Crippen LogP contribution in [0.2, 0.25) is 0 Å². The van der Waals surface area contributed by atoms with Crippen molar-refractivity contribution in [2.75, 3.05) is 20.2 Å². The zero-order valence-corrected chi connectivity index (χ0v) is 13.4. The van der Waals surface area contributed by atoms with Crippen LogP contribution in [0.4, 0.5) is 0 Å². The predicted molar refractivity (Wildman–Crippen MR) is 89.2 cm³/mol. The number of hydrogen-bond acceptors (Lipinski definition) is 3. The Morgan fingerprint density at radius 3 is 2.50 bits per heavy atom. The first-order valence-electron chi connectivity index (χ1n) is 7.81. The topological polar surface area (TPSA) is 66.8 Å². The molecule has 0 aromatic heterocycles. The number of carboxylic acid groups (broad SMARTS) is 1. The molecule has 0 radical (unpaired) electrons. The number of rotatable bonds is 4. The van der Waals surface area contributed by atoms with Gasteiger partial charge in [0.15, 0.2) is 0 Å². The lowest BCUT2D eigenvalue weighted by Gasteiger charge is -2.17. The van der Waals surface area contributed by atoms with Crippen LogP contribution in [0.3, 0.4) is 0 Å². The van der Waals surface area contributed by atoms with Crippen molar-refractivity contribution in [1.82, 2.24) is 4.90 Å². The van der Waals surface area contributed by atoms with E-state index in [9.17, 15) is 14.7 Å². The molecule has 5 nitrogen and oxygen atoms in total. The molecular formula is C19H19NO4. The molecule has 0 unspecified atom stereocenters. The summed E-state index contributed by atoms with van der Waals surface area (Å²) >= 11 is 0. The molecule has 1 N–H and O–H groups in total. The number of carbonyl (C=O) groups is 2. The summed E-state index contributed by atoms with van der Waals surface area (Å²) in [7, 11) is 1.55. The van der Waals surface area contributed by atoms with E-state index in [-0.39, 0.29) is 18.4 Å². The van der Waals surface area contributed by atoms with E-state index in [1.165, 1.54) is 0 Å². The highest BCUT2D eigenvalue weighted by Gasteiger charge is 2.40. The van der Waals surface area contributed by atoms with E-state index in [0.29, 0.717) is 17.9 Å². The standard InChI is InChI=1S/C19H19NO4/c1-24-15-9-5-8-14(10-15)18(21)20-11-16(17(12-20)19(22)23)13-6-3-2-4-7-13/h2-10,16-17H,11-12H2,1H3,(H,22,23)/t16-,17-/m0/s1. The summed E-state index contributed by atoms with van der Waals surface area (Å²) in [6.07, 6.45) is 0. The molecule has 0 bridgehead atoms. The third kappa shape index (κ3) is 3.11. The normalized spacial score (nSPS) is 20.0. The van der Waals surface area contributed by atoms with Crippen LogP contribution in [0.15, 0.2) is 54.6 Å². The molecule has 2 aromatic rings. The Bertz CT molecular complexity index is 744. The van der Waals surface area contributed by atoms with Gasteiger partial charge in [0.2, 0.25) is 0 Å². The molecule has 0 aliphatic carbocycles. The van der Waals surface area contributed by atoms with E-state index < -0.39 is 11.9 Å². The highest BCUT2D eigenvalue weighted by molar-refractivity contribution is 5.95. The van der Waals surface area contributed by atoms with E-state index in [1.807, 2.05) is 30.3 Å². The molecule has 1 aliphatic rings. The molecule has 1 heterocycles. The van der Waals surface area contributed by atoms with Gasteiger partial charge in [0.05, 0.1) is 13.0 Å². The molecule has 1 saturated heterocycles. The first-order chi connectivity index (χ1) is 11.6. The number of aliphatic carboxylic acids is 1. The number of carboxylic acids is 1. The summed E-state index contributed by atoms with van der Waals surface area (Å²) in [5.74, 6) is -1.22. The Kier molecular flexibility index (Phi) is 4.51. The monoisotopic (exact) mass is 325 g/mol. The lowest BCUT2D eigenvalue weighted by atomic mass is 9.89. The van der Waals surface area contributed by atoms with Gasteiger partial charge < -0.3 is 14.7 Å². The summed E-state index contributed by atoms with van der Waals surface area (Å²) in [5, 5.41) is 9.54. The first kappa shape index (κ1) is 16.1. The number of hydrogen-bond donors (Lipinski definition) is 1. The van der Waals surface area contributed by atoms with Crippen LogP contribution in [0.25, 0.3) is 0 Å². The van der Waals surface area contributed by atoms with Gasteiger partial charge in [-0.1, -0.05) is 36.4 Å². The molecule has 24 heavy (non-hydrogen) atoms. The number of nitrogens with zero attached hydrogens (tertiary/aromatic N) is 1. The predicted octanol–water partition coefficient (Wildman–Crippen LogP) is 2.64. The maximum atomic E-state index is 12.7. The van der Waals surface area contributed by atoms with Gasteiger partial charge in [-0.3, -0.25) is 9.59 Å². The average Bonchev–Trinajstić information content (AvgIpc) is 3.07. The maximum Gasteiger partial charge on any atom is 0.308 e. The molecule has 2 aromatic carbocycles. The number of carbonyl (C=O) groups excluding carboxylic acids is 1. The SMILES string of the molecule is COc1cccc(C(=O)N2C[C@H](C(=O)O)[C@H](c3ccccc3)C2)c1. The van der Waals surface area contributed by atoms with Gasteiger partial charge in [0.1, 0.15) is 5.75 Å². The first-order valence-corrected chi connectivity index (χ1v) is 7.81. The smallest absolute Gasteiger partial charge is 0.308 e. The summed E-state index contributed by atoms with van der Waals surface area (Å²) < 4.78 is 5.15. The highest BCUT2D eigenvalue weighted by atomic mass is 16.5. The van der Waals surface area contributed by atoms with Crippen molar-refractivity contribution in [1.29, 1.82) is 0 Å². The van der Waals surface area contributed by atoms with Crippen molar-refractivity contribution in [3.05, 3.63) is 65.7 Å². The highest BCUT2D eigenvalue weighted by Crippen LogP contribution is 2.33. The fourth-order valence-electron chi connectivity index (χ4n) is 3.20. The number of benzene rings is 2. The molecule has 5 heteroatoms. The molecule has 1 fully saturated rings.